The second kappa shape index (κ2) is 18.9. The molecule has 0 radical (unpaired) electrons. The monoisotopic (exact) mass is 718 g/mol. The number of ether oxygens (including phenoxy) is 1. The Bertz CT molecular complexity index is 1230. The van der Waals surface area contributed by atoms with Crippen molar-refractivity contribution in [2.24, 2.45) is 34.5 Å². The minimum Gasteiger partial charge on any atom is -0.460 e. The lowest BCUT2D eigenvalue weighted by atomic mass is 9.85. The Morgan fingerprint density at radius 1 is 0.863 bits per heavy atom. The highest BCUT2D eigenvalue weighted by atomic mass is 16.5. The van der Waals surface area contributed by atoms with Crippen LogP contribution in [-0.4, -0.2) is 83.8 Å². The van der Waals surface area contributed by atoms with Gasteiger partial charge in [0.2, 0.25) is 17.6 Å². The molecule has 3 rings (SSSR count). The van der Waals surface area contributed by atoms with Crippen LogP contribution < -0.4 is 21.3 Å². The van der Waals surface area contributed by atoms with E-state index in [1.807, 2.05) is 55.4 Å². The molecule has 2 saturated carbocycles. The maximum atomic E-state index is 14.2. The minimum absolute atomic E-state index is 0.0220. The lowest BCUT2D eigenvalue weighted by molar-refractivity contribution is -0.156. The van der Waals surface area contributed by atoms with Gasteiger partial charge in [0, 0.05) is 13.1 Å². The van der Waals surface area contributed by atoms with E-state index in [0.29, 0.717) is 24.7 Å². The van der Waals surface area contributed by atoms with Crippen molar-refractivity contribution in [3.63, 3.8) is 0 Å². The molecule has 0 bridgehead atoms. The maximum Gasteiger partial charge on any atom is 0.329 e. The van der Waals surface area contributed by atoms with Crippen LogP contribution in [0.25, 0.3) is 0 Å². The average molecular weight is 718 g/mol. The van der Waals surface area contributed by atoms with E-state index in [1.165, 1.54) is 11.0 Å². The van der Waals surface area contributed by atoms with Crippen LogP contribution in [-0.2, 0) is 28.7 Å². The fraction of sp³-hybridized carbons (Fsp3) is 0.795. The molecule has 51 heavy (non-hydrogen) atoms. The van der Waals surface area contributed by atoms with Gasteiger partial charge in [-0.3, -0.25) is 19.2 Å². The second-order valence-corrected chi connectivity index (χ2v) is 17.6. The number of likely N-dealkylation sites (tertiary alicyclic amines) is 1. The van der Waals surface area contributed by atoms with Gasteiger partial charge in [-0.2, -0.15) is 0 Å². The van der Waals surface area contributed by atoms with Crippen LogP contribution in [0, 0.1) is 34.5 Å². The van der Waals surface area contributed by atoms with Crippen LogP contribution in [0.2, 0.25) is 0 Å². The maximum absolute atomic E-state index is 14.2. The van der Waals surface area contributed by atoms with Crippen molar-refractivity contribution in [1.82, 2.24) is 26.2 Å². The fourth-order valence-electron chi connectivity index (χ4n) is 6.15. The quantitative estimate of drug-likeness (QED) is 0.106. The highest BCUT2D eigenvalue weighted by Gasteiger charge is 2.47. The van der Waals surface area contributed by atoms with E-state index in [9.17, 15) is 28.8 Å². The molecule has 2 aliphatic carbocycles. The first-order valence-corrected chi connectivity index (χ1v) is 18.9. The molecule has 0 aromatic heterocycles. The van der Waals surface area contributed by atoms with E-state index >= 15 is 0 Å². The summed E-state index contributed by atoms with van der Waals surface area (Å²) in [4.78, 5) is 81.3. The summed E-state index contributed by atoms with van der Waals surface area (Å²) in [7, 11) is 0. The van der Waals surface area contributed by atoms with Gasteiger partial charge < -0.3 is 30.9 Å². The molecular weight excluding hydrogens is 650 g/mol. The third-order valence-corrected chi connectivity index (χ3v) is 9.13. The van der Waals surface area contributed by atoms with Crippen molar-refractivity contribution in [3.05, 3.63) is 12.7 Å². The number of esters is 1. The molecule has 0 aromatic rings. The third kappa shape index (κ3) is 13.9. The van der Waals surface area contributed by atoms with Crippen LogP contribution in [0.5, 0.6) is 0 Å². The summed E-state index contributed by atoms with van der Waals surface area (Å²) in [6.07, 6.45) is 6.70. The lowest BCUT2D eigenvalue weighted by Crippen LogP contribution is -2.62. The summed E-state index contributed by atoms with van der Waals surface area (Å²) in [6, 6.07) is -4.60. The number of urea groups is 1. The summed E-state index contributed by atoms with van der Waals surface area (Å²) in [6.45, 7) is 25.2. The van der Waals surface area contributed by atoms with Gasteiger partial charge in [-0.15, -0.1) is 6.58 Å². The first kappa shape index (κ1) is 43.7. The number of amides is 5. The highest BCUT2D eigenvalue weighted by Crippen LogP contribution is 2.46. The number of ketones is 1. The van der Waals surface area contributed by atoms with Crippen LogP contribution in [0.4, 0.5) is 4.79 Å². The van der Waals surface area contributed by atoms with E-state index in [1.54, 1.807) is 0 Å². The molecule has 1 saturated heterocycles. The lowest BCUT2D eigenvalue weighted by Gasteiger charge is -2.37. The Morgan fingerprint density at radius 3 is 1.82 bits per heavy atom. The molecule has 12 heteroatoms. The summed E-state index contributed by atoms with van der Waals surface area (Å²) in [5.74, 6) is -1.43. The number of rotatable bonds is 15. The van der Waals surface area contributed by atoms with Crippen molar-refractivity contribution in [2.75, 3.05) is 13.1 Å². The van der Waals surface area contributed by atoms with Crippen LogP contribution in [0.3, 0.4) is 0 Å². The number of nitrogens with zero attached hydrogens (tertiary/aromatic N) is 1. The molecule has 290 valence electrons. The summed E-state index contributed by atoms with van der Waals surface area (Å²) in [5.41, 5.74) is -1.41. The average Bonchev–Trinajstić information content (AvgIpc) is 3.96. The van der Waals surface area contributed by atoms with Crippen LogP contribution >= 0.6 is 0 Å². The number of hydrogen-bond donors (Lipinski definition) is 4. The van der Waals surface area contributed by atoms with Gasteiger partial charge in [0.1, 0.15) is 24.2 Å². The van der Waals surface area contributed by atoms with Gasteiger partial charge in [-0.1, -0.05) is 88.7 Å². The molecule has 0 spiro atoms. The normalized spacial score (nSPS) is 20.7. The van der Waals surface area contributed by atoms with E-state index in [4.69, 9.17) is 4.74 Å². The Labute approximate surface area is 306 Å². The largest absolute Gasteiger partial charge is 0.460 e. The van der Waals surface area contributed by atoms with E-state index in [-0.39, 0.29) is 31.5 Å². The molecule has 5 atom stereocenters. The van der Waals surface area contributed by atoms with Crippen LogP contribution in [0.15, 0.2) is 12.7 Å². The Hall–Kier alpha value is -3.44. The third-order valence-electron chi connectivity index (χ3n) is 9.13. The first-order valence-electron chi connectivity index (χ1n) is 18.9. The predicted molar refractivity (Wildman–Crippen MR) is 198 cm³/mol. The number of hydrogen-bond acceptors (Lipinski definition) is 7. The fourth-order valence-corrected chi connectivity index (χ4v) is 6.15. The minimum atomic E-state index is -1.04. The van der Waals surface area contributed by atoms with Gasteiger partial charge in [-0.05, 0) is 73.0 Å². The zero-order valence-corrected chi connectivity index (χ0v) is 33.1. The zero-order chi connectivity index (χ0) is 38.8. The molecule has 3 fully saturated rings. The van der Waals surface area contributed by atoms with Crippen molar-refractivity contribution in [1.29, 1.82) is 0 Å². The van der Waals surface area contributed by atoms with Gasteiger partial charge in [0.25, 0.3) is 5.91 Å². The van der Waals surface area contributed by atoms with E-state index in [2.05, 4.69) is 48.6 Å². The topological polar surface area (TPSA) is 163 Å². The first-order chi connectivity index (χ1) is 23.6. The van der Waals surface area contributed by atoms with E-state index in [0.717, 1.165) is 31.6 Å². The number of carbonyl (C=O) groups is 6. The summed E-state index contributed by atoms with van der Waals surface area (Å²) >= 11 is 0. The van der Waals surface area contributed by atoms with Crippen molar-refractivity contribution in [3.8, 4) is 0 Å². The van der Waals surface area contributed by atoms with Crippen molar-refractivity contribution >= 4 is 35.5 Å². The number of carbonyl (C=O) groups excluding carboxylic acids is 6. The highest BCUT2D eigenvalue weighted by molar-refractivity contribution is 6.38. The standard InChI is InChI=1S/C35H57N5O7.C4H10/c1-10-12-23(25(41)30(43)36-17-11-2)37-29(42)24-18-20(3)19-40(24)31(44)27(34(4,5)6)38-33(46)39-28(35(7,8)9)32(45)47-26(21-13-14-21)22-15-16-22;1-4(2)3/h11,20-24,26-28H,2,10,12-19H2,1,3-9H3,(H,36,43)(H,37,42)(H2,38,39,46);4H,1-3H3/t20?,23?,24-,27?,28?;/m0./s1. The SMILES string of the molecule is C=CCNC(=O)C(=O)C(CCC)NC(=O)[C@@H]1CC(C)CN1C(=O)C(NC(=O)NC(C(=O)OC(C1CC1)C1CC1)C(C)(C)C)C(C)(C)C.CC(C)C. The van der Waals surface area contributed by atoms with Gasteiger partial charge in [0.15, 0.2) is 0 Å². The molecule has 4 N–H and O–H groups in total. The molecule has 5 amide bonds. The molecule has 12 nitrogen and oxygen atoms in total. The van der Waals surface area contributed by atoms with Gasteiger partial charge in [-0.25, -0.2) is 9.59 Å². The molecular formula is C39H67N5O7. The summed E-state index contributed by atoms with van der Waals surface area (Å²) < 4.78 is 5.99. The van der Waals surface area contributed by atoms with Crippen molar-refractivity contribution < 1.29 is 33.5 Å². The van der Waals surface area contributed by atoms with Crippen molar-refractivity contribution in [2.45, 2.75) is 151 Å². The Morgan fingerprint density at radius 2 is 1.37 bits per heavy atom. The molecule has 4 unspecified atom stereocenters. The Balaban J connectivity index is 0.00000213. The zero-order valence-electron chi connectivity index (χ0n) is 33.1. The smallest absolute Gasteiger partial charge is 0.329 e. The van der Waals surface area contributed by atoms with Gasteiger partial charge >= 0.3 is 12.0 Å². The predicted octanol–water partition coefficient (Wildman–Crippen LogP) is 4.90. The number of Topliss-reactive ketones (excluding diaryl/α,β-unsaturated/α-hetero) is 1. The van der Waals surface area contributed by atoms with Crippen LogP contribution in [0.1, 0.15) is 121 Å². The van der Waals surface area contributed by atoms with E-state index < -0.39 is 70.5 Å². The molecule has 1 heterocycles. The summed E-state index contributed by atoms with van der Waals surface area (Å²) in [5, 5.41) is 10.8. The number of nitrogens with one attached hydrogen (secondary N) is 4. The Kier molecular flexibility index (Phi) is 16.2. The van der Waals surface area contributed by atoms with Gasteiger partial charge in [0.05, 0.1) is 6.04 Å². The molecule has 3 aliphatic rings. The molecule has 0 aromatic carbocycles. The second-order valence-electron chi connectivity index (χ2n) is 17.6. The molecule has 1 aliphatic heterocycles.